The summed E-state index contributed by atoms with van der Waals surface area (Å²) in [7, 11) is 4.82. The molecule has 1 unspecified atom stereocenters. The molecule has 2 aromatic carbocycles. The number of anilines is 2. The van der Waals surface area contributed by atoms with E-state index in [1.807, 2.05) is 24.3 Å². The average molecular weight is 340 g/mol. The van der Waals surface area contributed by atoms with E-state index in [4.69, 9.17) is 9.47 Å². The molecule has 1 N–H and O–H groups in total. The second-order valence-corrected chi connectivity index (χ2v) is 5.83. The first kappa shape index (κ1) is 16.8. The number of ether oxygens (including phenoxy) is 2. The van der Waals surface area contributed by atoms with Crippen molar-refractivity contribution in [1.29, 1.82) is 0 Å². The fourth-order valence-corrected chi connectivity index (χ4v) is 3.02. The monoisotopic (exact) mass is 340 g/mol. The summed E-state index contributed by atoms with van der Waals surface area (Å²) in [5, 5.41) is 2.87. The highest BCUT2D eigenvalue weighted by molar-refractivity contribution is 6.06. The Morgan fingerprint density at radius 3 is 2.56 bits per heavy atom. The van der Waals surface area contributed by atoms with Crippen molar-refractivity contribution >= 4 is 23.2 Å². The van der Waals surface area contributed by atoms with Gasteiger partial charge in [-0.1, -0.05) is 18.2 Å². The van der Waals surface area contributed by atoms with E-state index >= 15 is 0 Å². The van der Waals surface area contributed by atoms with Crippen molar-refractivity contribution in [2.75, 3.05) is 31.5 Å². The van der Waals surface area contributed by atoms with Crippen LogP contribution in [-0.4, -0.2) is 33.1 Å². The van der Waals surface area contributed by atoms with Crippen molar-refractivity contribution in [3.63, 3.8) is 0 Å². The van der Waals surface area contributed by atoms with E-state index in [1.54, 1.807) is 37.3 Å². The number of carbonyl (C=O) groups is 2. The number of benzene rings is 2. The van der Waals surface area contributed by atoms with Crippen LogP contribution in [0, 0.1) is 0 Å². The molecule has 6 nitrogen and oxygen atoms in total. The highest BCUT2D eigenvalue weighted by Gasteiger charge is 2.33. The number of nitrogens with zero attached hydrogens (tertiary/aromatic N) is 1. The molecule has 1 aliphatic heterocycles. The summed E-state index contributed by atoms with van der Waals surface area (Å²) >= 11 is 0. The number of amides is 2. The number of hydrogen-bond acceptors (Lipinski definition) is 4. The molecule has 0 aromatic heterocycles. The van der Waals surface area contributed by atoms with Crippen molar-refractivity contribution in [3.05, 3.63) is 48.0 Å². The van der Waals surface area contributed by atoms with Gasteiger partial charge in [0, 0.05) is 30.9 Å². The summed E-state index contributed by atoms with van der Waals surface area (Å²) < 4.78 is 10.5. The minimum Gasteiger partial charge on any atom is -0.493 e. The molecule has 0 saturated carbocycles. The van der Waals surface area contributed by atoms with Gasteiger partial charge in [0.15, 0.2) is 11.5 Å². The molecule has 2 amide bonds. The Labute approximate surface area is 146 Å². The standard InChI is InChI=1S/C19H20N2O4/c1-21-15-7-5-4-6-13(15)14(11-18(21)22)19(23)20-12-8-9-16(24-2)17(10-12)25-3/h4-10,14H,11H2,1-3H3,(H,20,23). The number of para-hydroxylation sites is 1. The maximum absolute atomic E-state index is 12.8. The fourth-order valence-electron chi connectivity index (χ4n) is 3.02. The highest BCUT2D eigenvalue weighted by Crippen LogP contribution is 2.36. The Kier molecular flexibility index (Phi) is 4.61. The summed E-state index contributed by atoms with van der Waals surface area (Å²) in [5.41, 5.74) is 2.21. The van der Waals surface area contributed by atoms with Gasteiger partial charge >= 0.3 is 0 Å². The molecular formula is C19H20N2O4. The second kappa shape index (κ2) is 6.84. The molecule has 1 heterocycles. The third-order valence-corrected chi connectivity index (χ3v) is 4.39. The van der Waals surface area contributed by atoms with Crippen molar-refractivity contribution in [2.24, 2.45) is 0 Å². The minimum atomic E-state index is -0.520. The van der Waals surface area contributed by atoms with Crippen LogP contribution in [0.15, 0.2) is 42.5 Å². The molecule has 2 aromatic rings. The molecule has 1 aliphatic rings. The molecular weight excluding hydrogens is 320 g/mol. The zero-order chi connectivity index (χ0) is 18.0. The molecule has 1 atom stereocenters. The fraction of sp³-hybridized carbons (Fsp3) is 0.263. The Morgan fingerprint density at radius 1 is 1.12 bits per heavy atom. The summed E-state index contributed by atoms with van der Waals surface area (Å²) in [5.74, 6) is 0.292. The van der Waals surface area contributed by atoms with E-state index in [0.29, 0.717) is 17.2 Å². The Balaban J connectivity index is 1.87. The lowest BCUT2D eigenvalue weighted by Crippen LogP contribution is -2.37. The largest absolute Gasteiger partial charge is 0.493 e. The van der Waals surface area contributed by atoms with E-state index < -0.39 is 5.92 Å². The van der Waals surface area contributed by atoms with E-state index in [0.717, 1.165) is 11.3 Å². The molecule has 6 heteroatoms. The van der Waals surface area contributed by atoms with Gasteiger partial charge in [-0.2, -0.15) is 0 Å². The topological polar surface area (TPSA) is 67.9 Å². The SMILES string of the molecule is COc1ccc(NC(=O)C2CC(=O)N(C)c3ccccc32)cc1OC. The number of carbonyl (C=O) groups excluding carboxylic acids is 2. The maximum Gasteiger partial charge on any atom is 0.232 e. The lowest BCUT2D eigenvalue weighted by Gasteiger charge is -2.30. The summed E-state index contributed by atoms with van der Waals surface area (Å²) in [4.78, 5) is 26.6. The van der Waals surface area contributed by atoms with Crippen molar-refractivity contribution in [1.82, 2.24) is 0 Å². The normalized spacial score (nSPS) is 16.2. The van der Waals surface area contributed by atoms with Crippen molar-refractivity contribution in [2.45, 2.75) is 12.3 Å². The van der Waals surface area contributed by atoms with Crippen LogP contribution < -0.4 is 19.7 Å². The van der Waals surface area contributed by atoms with Gasteiger partial charge in [-0.05, 0) is 23.8 Å². The first-order valence-corrected chi connectivity index (χ1v) is 7.93. The predicted octanol–water partition coefficient (Wildman–Crippen LogP) is 2.79. The molecule has 0 radical (unpaired) electrons. The van der Waals surface area contributed by atoms with Crippen molar-refractivity contribution < 1.29 is 19.1 Å². The molecule has 3 rings (SSSR count). The quantitative estimate of drug-likeness (QED) is 0.929. The van der Waals surface area contributed by atoms with Gasteiger partial charge in [0.2, 0.25) is 11.8 Å². The Hall–Kier alpha value is -3.02. The van der Waals surface area contributed by atoms with Crippen LogP contribution in [0.1, 0.15) is 17.9 Å². The predicted molar refractivity (Wildman–Crippen MR) is 95.4 cm³/mol. The number of fused-ring (bicyclic) bond motifs is 1. The van der Waals surface area contributed by atoms with E-state index in [9.17, 15) is 9.59 Å². The van der Waals surface area contributed by atoms with Gasteiger partial charge in [-0.25, -0.2) is 0 Å². The van der Waals surface area contributed by atoms with Crippen LogP contribution >= 0.6 is 0 Å². The van der Waals surface area contributed by atoms with E-state index in [2.05, 4.69) is 5.32 Å². The first-order valence-electron chi connectivity index (χ1n) is 7.93. The third-order valence-electron chi connectivity index (χ3n) is 4.39. The number of methoxy groups -OCH3 is 2. The van der Waals surface area contributed by atoms with E-state index in [-0.39, 0.29) is 18.2 Å². The number of nitrogens with one attached hydrogen (secondary N) is 1. The molecule has 25 heavy (non-hydrogen) atoms. The first-order chi connectivity index (χ1) is 12.0. The van der Waals surface area contributed by atoms with Crippen molar-refractivity contribution in [3.8, 4) is 11.5 Å². The second-order valence-electron chi connectivity index (χ2n) is 5.83. The van der Waals surface area contributed by atoms with Crippen LogP contribution in [0.3, 0.4) is 0 Å². The van der Waals surface area contributed by atoms with Crippen LogP contribution in [0.4, 0.5) is 11.4 Å². The average Bonchev–Trinajstić information content (AvgIpc) is 2.64. The molecule has 0 fully saturated rings. The smallest absolute Gasteiger partial charge is 0.232 e. The van der Waals surface area contributed by atoms with E-state index in [1.165, 1.54) is 7.11 Å². The van der Waals surface area contributed by atoms with Crippen LogP contribution in [-0.2, 0) is 9.59 Å². The molecule has 130 valence electrons. The van der Waals surface area contributed by atoms with Gasteiger partial charge in [-0.15, -0.1) is 0 Å². The van der Waals surface area contributed by atoms with Gasteiger partial charge in [0.1, 0.15) is 0 Å². The molecule has 0 aliphatic carbocycles. The minimum absolute atomic E-state index is 0.0776. The van der Waals surface area contributed by atoms with Crippen LogP contribution in [0.5, 0.6) is 11.5 Å². The molecule has 0 saturated heterocycles. The molecule has 0 spiro atoms. The lowest BCUT2D eigenvalue weighted by molar-refractivity contribution is -0.124. The van der Waals surface area contributed by atoms with Gasteiger partial charge in [-0.3, -0.25) is 9.59 Å². The lowest BCUT2D eigenvalue weighted by atomic mass is 9.89. The third kappa shape index (κ3) is 3.15. The summed E-state index contributed by atoms with van der Waals surface area (Å²) in [6.07, 6.45) is 0.145. The summed E-state index contributed by atoms with van der Waals surface area (Å²) in [6, 6.07) is 12.6. The van der Waals surface area contributed by atoms with Gasteiger partial charge in [0.25, 0.3) is 0 Å². The number of rotatable bonds is 4. The summed E-state index contributed by atoms with van der Waals surface area (Å²) in [6.45, 7) is 0. The number of hydrogen-bond donors (Lipinski definition) is 1. The Morgan fingerprint density at radius 2 is 1.84 bits per heavy atom. The maximum atomic E-state index is 12.8. The zero-order valence-corrected chi connectivity index (χ0v) is 14.4. The van der Waals surface area contributed by atoms with Gasteiger partial charge in [0.05, 0.1) is 20.1 Å². The van der Waals surface area contributed by atoms with Gasteiger partial charge < -0.3 is 19.7 Å². The van der Waals surface area contributed by atoms with Crippen LogP contribution in [0.2, 0.25) is 0 Å². The highest BCUT2D eigenvalue weighted by atomic mass is 16.5. The Bertz CT molecular complexity index is 819. The molecule has 0 bridgehead atoms. The van der Waals surface area contributed by atoms with Crippen LogP contribution in [0.25, 0.3) is 0 Å². The zero-order valence-electron chi connectivity index (χ0n) is 14.4.